The zero-order valence-electron chi connectivity index (χ0n) is 11.7. The minimum Gasteiger partial charge on any atom is -0.370 e. The van der Waals surface area contributed by atoms with Crippen LogP contribution in [0.15, 0.2) is 49.1 Å². The van der Waals surface area contributed by atoms with Gasteiger partial charge in [0.15, 0.2) is 0 Å². The number of amides is 1. The fourth-order valence-electron chi connectivity index (χ4n) is 2.80. The summed E-state index contributed by atoms with van der Waals surface area (Å²) in [6.45, 7) is 2.00. The average Bonchev–Trinajstić information content (AvgIpc) is 2.92. The molecule has 3 heterocycles. The van der Waals surface area contributed by atoms with Crippen LogP contribution in [0, 0.1) is 0 Å². The van der Waals surface area contributed by atoms with Crippen molar-refractivity contribution in [3.8, 4) is 0 Å². The molecule has 0 aliphatic carbocycles. The summed E-state index contributed by atoms with van der Waals surface area (Å²) in [4.78, 5) is 23.2. The van der Waals surface area contributed by atoms with E-state index in [-0.39, 0.29) is 12.3 Å². The van der Waals surface area contributed by atoms with E-state index in [9.17, 15) is 4.79 Å². The molecule has 106 valence electrons. The zero-order chi connectivity index (χ0) is 14.9. The second-order valence-corrected chi connectivity index (χ2v) is 5.32. The maximum Gasteiger partial charge on any atom is 0.218 e. The molecule has 5 heteroatoms. The summed E-state index contributed by atoms with van der Waals surface area (Å²) >= 11 is 0. The van der Waals surface area contributed by atoms with Gasteiger partial charge in [0.1, 0.15) is 5.65 Å². The van der Waals surface area contributed by atoms with Crippen molar-refractivity contribution in [1.29, 1.82) is 0 Å². The van der Waals surface area contributed by atoms with Crippen molar-refractivity contribution in [2.45, 2.75) is 18.8 Å². The number of nitrogens with one attached hydrogen (secondary N) is 1. The highest BCUT2D eigenvalue weighted by Crippen LogP contribution is 2.38. The van der Waals surface area contributed by atoms with Gasteiger partial charge in [-0.25, -0.2) is 4.98 Å². The molecule has 0 aliphatic rings. The molecule has 0 spiro atoms. The number of aromatic amines is 1. The van der Waals surface area contributed by atoms with E-state index in [0.29, 0.717) is 0 Å². The number of nitrogens with two attached hydrogens (primary N) is 1. The number of H-pyrrole nitrogens is 1. The van der Waals surface area contributed by atoms with E-state index in [1.165, 1.54) is 0 Å². The molecule has 0 saturated carbocycles. The predicted octanol–water partition coefficient (Wildman–Crippen LogP) is 2.14. The zero-order valence-corrected chi connectivity index (χ0v) is 11.7. The molecule has 0 aliphatic heterocycles. The minimum atomic E-state index is -0.540. The standard InChI is InChI=1S/C16H16N4O/c1-16(8-14(17)21,11-4-2-6-18-9-11)13-10-20-15-12(13)5-3-7-19-15/h2-7,9-10H,8H2,1H3,(H2,17,21)(H,19,20). The summed E-state index contributed by atoms with van der Waals surface area (Å²) in [6, 6.07) is 7.70. The Morgan fingerprint density at radius 2 is 2.14 bits per heavy atom. The van der Waals surface area contributed by atoms with Gasteiger partial charge in [-0.2, -0.15) is 0 Å². The van der Waals surface area contributed by atoms with Crippen LogP contribution in [0.25, 0.3) is 11.0 Å². The third kappa shape index (κ3) is 2.27. The molecule has 0 aromatic carbocycles. The summed E-state index contributed by atoms with van der Waals surface area (Å²) in [5.41, 5.74) is 7.69. The number of rotatable bonds is 4. The smallest absolute Gasteiger partial charge is 0.218 e. The van der Waals surface area contributed by atoms with Crippen LogP contribution >= 0.6 is 0 Å². The second-order valence-electron chi connectivity index (χ2n) is 5.32. The molecule has 1 amide bonds. The number of hydrogen-bond donors (Lipinski definition) is 2. The Morgan fingerprint density at radius 3 is 2.86 bits per heavy atom. The highest BCUT2D eigenvalue weighted by atomic mass is 16.1. The van der Waals surface area contributed by atoms with Crippen LogP contribution < -0.4 is 5.73 Å². The first-order valence-electron chi connectivity index (χ1n) is 6.72. The van der Waals surface area contributed by atoms with Crippen molar-refractivity contribution in [2.75, 3.05) is 0 Å². The number of aromatic nitrogens is 3. The molecule has 0 radical (unpaired) electrons. The van der Waals surface area contributed by atoms with Gasteiger partial charge in [0.25, 0.3) is 0 Å². The maximum absolute atomic E-state index is 11.6. The maximum atomic E-state index is 11.6. The number of pyridine rings is 2. The van der Waals surface area contributed by atoms with Gasteiger partial charge in [0, 0.05) is 42.0 Å². The molecule has 0 fully saturated rings. The lowest BCUT2D eigenvalue weighted by molar-refractivity contribution is -0.118. The Balaban J connectivity index is 2.22. The van der Waals surface area contributed by atoms with Crippen LogP contribution in [-0.4, -0.2) is 20.9 Å². The van der Waals surface area contributed by atoms with Gasteiger partial charge in [-0.3, -0.25) is 9.78 Å². The largest absolute Gasteiger partial charge is 0.370 e. The van der Waals surface area contributed by atoms with Crippen molar-refractivity contribution in [2.24, 2.45) is 5.73 Å². The molecule has 5 nitrogen and oxygen atoms in total. The van der Waals surface area contributed by atoms with E-state index in [0.717, 1.165) is 22.2 Å². The topological polar surface area (TPSA) is 84.7 Å². The number of nitrogens with zero attached hydrogens (tertiary/aromatic N) is 2. The quantitative estimate of drug-likeness (QED) is 0.767. The van der Waals surface area contributed by atoms with Crippen LogP contribution in [0.5, 0.6) is 0 Å². The van der Waals surface area contributed by atoms with Gasteiger partial charge >= 0.3 is 0 Å². The average molecular weight is 280 g/mol. The number of hydrogen-bond acceptors (Lipinski definition) is 3. The SMILES string of the molecule is CC(CC(N)=O)(c1cccnc1)c1c[nH]c2ncccc12. The molecule has 1 unspecified atom stereocenters. The molecule has 21 heavy (non-hydrogen) atoms. The highest BCUT2D eigenvalue weighted by molar-refractivity contribution is 5.84. The van der Waals surface area contributed by atoms with Crippen LogP contribution in [-0.2, 0) is 10.2 Å². The van der Waals surface area contributed by atoms with Gasteiger partial charge < -0.3 is 10.7 Å². The second kappa shape index (κ2) is 5.01. The number of carbonyl (C=O) groups excluding carboxylic acids is 1. The third-order valence-electron chi connectivity index (χ3n) is 3.87. The van der Waals surface area contributed by atoms with Crippen LogP contribution in [0.2, 0.25) is 0 Å². The van der Waals surface area contributed by atoms with E-state index >= 15 is 0 Å². The van der Waals surface area contributed by atoms with E-state index in [2.05, 4.69) is 15.0 Å². The van der Waals surface area contributed by atoms with E-state index in [1.54, 1.807) is 18.6 Å². The Kier molecular flexibility index (Phi) is 3.17. The normalized spacial score (nSPS) is 14.0. The fraction of sp³-hybridized carbons (Fsp3) is 0.188. The minimum absolute atomic E-state index is 0.209. The Morgan fingerprint density at radius 1 is 1.33 bits per heavy atom. The van der Waals surface area contributed by atoms with E-state index in [4.69, 9.17) is 5.73 Å². The van der Waals surface area contributed by atoms with Crippen molar-refractivity contribution in [3.05, 3.63) is 60.2 Å². The molecule has 0 saturated heterocycles. The molecule has 3 N–H and O–H groups in total. The monoisotopic (exact) mass is 280 g/mol. The molecule has 1 atom stereocenters. The molecule has 0 bridgehead atoms. The summed E-state index contributed by atoms with van der Waals surface area (Å²) in [7, 11) is 0. The highest BCUT2D eigenvalue weighted by Gasteiger charge is 2.33. The number of primary amides is 1. The number of carbonyl (C=O) groups is 1. The lowest BCUT2D eigenvalue weighted by Crippen LogP contribution is -2.30. The van der Waals surface area contributed by atoms with Gasteiger partial charge in [0.05, 0.1) is 0 Å². The van der Waals surface area contributed by atoms with Crippen LogP contribution in [0.3, 0.4) is 0 Å². The first-order chi connectivity index (χ1) is 10.1. The van der Waals surface area contributed by atoms with E-state index in [1.807, 2.05) is 37.4 Å². The molecule has 3 rings (SSSR count). The van der Waals surface area contributed by atoms with Crippen LogP contribution in [0.1, 0.15) is 24.5 Å². The van der Waals surface area contributed by atoms with Gasteiger partial charge in [-0.1, -0.05) is 13.0 Å². The first kappa shape index (κ1) is 13.3. The summed E-state index contributed by atoms with van der Waals surface area (Å²) < 4.78 is 0. The van der Waals surface area contributed by atoms with Gasteiger partial charge in [-0.15, -0.1) is 0 Å². The van der Waals surface area contributed by atoms with E-state index < -0.39 is 5.41 Å². The molecular weight excluding hydrogens is 264 g/mol. The fourth-order valence-corrected chi connectivity index (χ4v) is 2.80. The first-order valence-corrected chi connectivity index (χ1v) is 6.72. The molecule has 3 aromatic heterocycles. The predicted molar refractivity (Wildman–Crippen MR) is 80.6 cm³/mol. The van der Waals surface area contributed by atoms with Gasteiger partial charge in [0.2, 0.25) is 5.91 Å². The number of fused-ring (bicyclic) bond motifs is 1. The lowest BCUT2D eigenvalue weighted by atomic mass is 9.74. The summed E-state index contributed by atoms with van der Waals surface area (Å²) in [5, 5.41) is 0.991. The van der Waals surface area contributed by atoms with Crippen molar-refractivity contribution < 1.29 is 4.79 Å². The Hall–Kier alpha value is -2.69. The van der Waals surface area contributed by atoms with Crippen LogP contribution in [0.4, 0.5) is 0 Å². The van der Waals surface area contributed by atoms with Crippen molar-refractivity contribution in [3.63, 3.8) is 0 Å². The summed E-state index contributed by atoms with van der Waals surface area (Å²) in [6.07, 6.45) is 7.33. The molecular formula is C16H16N4O. The molecule has 3 aromatic rings. The van der Waals surface area contributed by atoms with Crippen molar-refractivity contribution >= 4 is 16.9 Å². The Labute approximate surface area is 122 Å². The summed E-state index contributed by atoms with van der Waals surface area (Å²) in [5.74, 6) is -0.348. The Bertz CT molecular complexity index is 781. The third-order valence-corrected chi connectivity index (χ3v) is 3.87. The van der Waals surface area contributed by atoms with Gasteiger partial charge in [-0.05, 0) is 29.3 Å². The van der Waals surface area contributed by atoms with Crippen molar-refractivity contribution in [1.82, 2.24) is 15.0 Å². The lowest BCUT2D eigenvalue weighted by Gasteiger charge is -2.28.